The molecule has 0 atom stereocenters. The quantitative estimate of drug-likeness (QED) is 0.353. The van der Waals surface area contributed by atoms with Crippen LogP contribution in [0.15, 0.2) is 29.6 Å². The molecule has 28 heavy (non-hydrogen) atoms. The lowest BCUT2D eigenvalue weighted by molar-refractivity contribution is -0.384. The third-order valence-corrected chi connectivity index (χ3v) is 5.19. The Morgan fingerprint density at radius 3 is 2.86 bits per heavy atom. The first kappa shape index (κ1) is 19.6. The van der Waals surface area contributed by atoms with Crippen molar-refractivity contribution in [1.29, 1.82) is 0 Å². The Hall–Kier alpha value is -3.14. The van der Waals surface area contributed by atoms with Crippen molar-refractivity contribution in [2.45, 2.75) is 33.1 Å². The number of carbonyl (C=O) groups excluding carboxylic acids is 1. The van der Waals surface area contributed by atoms with Crippen LogP contribution in [0.2, 0.25) is 0 Å². The highest BCUT2D eigenvalue weighted by Crippen LogP contribution is 2.18. The number of thiazole rings is 1. The first-order valence-electron chi connectivity index (χ1n) is 8.82. The van der Waals surface area contributed by atoms with Crippen molar-refractivity contribution in [2.24, 2.45) is 0 Å². The maximum atomic E-state index is 12.4. The molecule has 3 aromatic rings. The molecule has 0 aliphatic rings. The Balaban J connectivity index is 1.56. The van der Waals surface area contributed by atoms with Gasteiger partial charge in [0.1, 0.15) is 0 Å². The van der Waals surface area contributed by atoms with Gasteiger partial charge in [-0.05, 0) is 39.2 Å². The number of nitro groups is 1. The van der Waals surface area contributed by atoms with Crippen LogP contribution in [-0.4, -0.2) is 37.4 Å². The summed E-state index contributed by atoms with van der Waals surface area (Å²) >= 11 is 1.65. The van der Waals surface area contributed by atoms with Gasteiger partial charge in [0.05, 0.1) is 21.3 Å². The Morgan fingerprint density at radius 1 is 1.32 bits per heavy atom. The minimum Gasteiger partial charge on any atom is -0.351 e. The number of aryl methyl sites for hydroxylation is 2. The summed E-state index contributed by atoms with van der Waals surface area (Å²) in [6.45, 7) is 4.22. The fourth-order valence-corrected chi connectivity index (χ4v) is 3.55. The minimum absolute atomic E-state index is 0.0474. The summed E-state index contributed by atoms with van der Waals surface area (Å²) in [5.41, 5.74) is 2.21. The number of aromatic nitrogens is 4. The van der Waals surface area contributed by atoms with Crippen molar-refractivity contribution in [2.75, 3.05) is 6.54 Å². The van der Waals surface area contributed by atoms with E-state index in [1.54, 1.807) is 30.4 Å². The van der Waals surface area contributed by atoms with E-state index < -0.39 is 4.92 Å². The Labute approximate surface area is 165 Å². The van der Waals surface area contributed by atoms with Crippen molar-refractivity contribution in [1.82, 2.24) is 25.3 Å². The number of nitro benzene ring substituents is 1. The molecule has 0 unspecified atom stereocenters. The van der Waals surface area contributed by atoms with Crippen LogP contribution in [-0.2, 0) is 6.42 Å². The SMILES string of the molecule is Cc1csc(CCCCNC(=O)c2nnn(-c3cccc([N+](=O)[O-])c3)c2C)n1. The molecule has 1 N–H and O–H groups in total. The summed E-state index contributed by atoms with van der Waals surface area (Å²) in [5, 5.41) is 24.8. The molecule has 10 heteroatoms. The van der Waals surface area contributed by atoms with Crippen LogP contribution in [0.3, 0.4) is 0 Å². The van der Waals surface area contributed by atoms with Crippen LogP contribution in [0.1, 0.15) is 39.7 Å². The fraction of sp³-hybridized carbons (Fsp3) is 0.333. The number of carbonyl (C=O) groups is 1. The molecule has 0 saturated heterocycles. The number of nitrogens with zero attached hydrogens (tertiary/aromatic N) is 5. The molecule has 0 aliphatic heterocycles. The van der Waals surface area contributed by atoms with Crippen molar-refractivity contribution in [3.05, 3.63) is 61.8 Å². The summed E-state index contributed by atoms with van der Waals surface area (Å²) < 4.78 is 1.42. The van der Waals surface area contributed by atoms with Gasteiger partial charge in [0, 0.05) is 29.8 Å². The first-order valence-corrected chi connectivity index (χ1v) is 9.70. The third-order valence-electron chi connectivity index (χ3n) is 4.16. The summed E-state index contributed by atoms with van der Waals surface area (Å²) in [5.74, 6) is -0.306. The zero-order chi connectivity index (χ0) is 20.1. The molecule has 0 radical (unpaired) electrons. The van der Waals surface area contributed by atoms with E-state index in [1.807, 2.05) is 12.3 Å². The van der Waals surface area contributed by atoms with Gasteiger partial charge in [0.25, 0.3) is 11.6 Å². The van der Waals surface area contributed by atoms with Crippen molar-refractivity contribution in [3.63, 3.8) is 0 Å². The number of non-ortho nitro benzene ring substituents is 1. The van der Waals surface area contributed by atoms with Crippen LogP contribution in [0, 0.1) is 24.0 Å². The van der Waals surface area contributed by atoms with Gasteiger partial charge >= 0.3 is 0 Å². The van der Waals surface area contributed by atoms with E-state index in [-0.39, 0.29) is 17.3 Å². The van der Waals surface area contributed by atoms with E-state index in [9.17, 15) is 14.9 Å². The van der Waals surface area contributed by atoms with Crippen LogP contribution < -0.4 is 5.32 Å². The normalized spacial score (nSPS) is 10.8. The average molecular weight is 400 g/mol. The molecule has 2 heterocycles. The molecule has 9 nitrogen and oxygen atoms in total. The highest BCUT2D eigenvalue weighted by molar-refractivity contribution is 7.09. The molecule has 1 aromatic carbocycles. The molecule has 0 spiro atoms. The van der Waals surface area contributed by atoms with E-state index >= 15 is 0 Å². The average Bonchev–Trinajstić information content (AvgIpc) is 3.27. The largest absolute Gasteiger partial charge is 0.351 e. The van der Waals surface area contributed by atoms with Crippen LogP contribution in [0.5, 0.6) is 0 Å². The van der Waals surface area contributed by atoms with Crippen molar-refractivity contribution in [3.8, 4) is 5.69 Å². The second-order valence-electron chi connectivity index (χ2n) is 6.31. The monoisotopic (exact) mass is 400 g/mol. The van der Waals surface area contributed by atoms with Gasteiger partial charge in [-0.15, -0.1) is 16.4 Å². The van der Waals surface area contributed by atoms with E-state index in [0.29, 0.717) is 17.9 Å². The van der Waals surface area contributed by atoms with Gasteiger partial charge in [-0.2, -0.15) is 0 Å². The second-order valence-corrected chi connectivity index (χ2v) is 7.25. The topological polar surface area (TPSA) is 116 Å². The summed E-state index contributed by atoms with van der Waals surface area (Å²) in [6.07, 6.45) is 2.67. The molecule has 0 fully saturated rings. The summed E-state index contributed by atoms with van der Waals surface area (Å²) in [7, 11) is 0. The predicted molar refractivity (Wildman–Crippen MR) is 105 cm³/mol. The highest BCUT2D eigenvalue weighted by Gasteiger charge is 2.18. The Bertz CT molecular complexity index is 997. The smallest absolute Gasteiger partial charge is 0.273 e. The lowest BCUT2D eigenvalue weighted by Crippen LogP contribution is -2.25. The van der Waals surface area contributed by atoms with Gasteiger partial charge in [0.15, 0.2) is 5.69 Å². The second kappa shape index (κ2) is 8.70. The van der Waals surface area contributed by atoms with E-state index in [1.165, 1.54) is 16.8 Å². The van der Waals surface area contributed by atoms with Crippen LogP contribution in [0.4, 0.5) is 5.69 Å². The summed E-state index contributed by atoms with van der Waals surface area (Å²) in [6, 6.07) is 6.04. The molecule has 1 amide bonds. The van der Waals surface area contributed by atoms with Crippen molar-refractivity contribution < 1.29 is 9.72 Å². The molecular weight excluding hydrogens is 380 g/mol. The van der Waals surface area contributed by atoms with Crippen LogP contribution in [0.25, 0.3) is 5.69 Å². The van der Waals surface area contributed by atoms with Gasteiger partial charge in [-0.25, -0.2) is 9.67 Å². The van der Waals surface area contributed by atoms with Crippen molar-refractivity contribution >= 4 is 22.9 Å². The molecule has 2 aromatic heterocycles. The maximum absolute atomic E-state index is 12.4. The standard InChI is InChI=1S/C18H20N6O3S/c1-12-11-28-16(20-12)8-3-4-9-19-18(25)17-13(2)23(22-21-17)14-6-5-7-15(10-14)24(26)27/h5-7,10-11H,3-4,8-9H2,1-2H3,(H,19,25). The number of amides is 1. The van der Waals surface area contributed by atoms with Gasteiger partial charge in [-0.1, -0.05) is 11.3 Å². The molecule has 0 aliphatic carbocycles. The number of unbranched alkanes of at least 4 members (excludes halogenated alkanes) is 1. The maximum Gasteiger partial charge on any atom is 0.273 e. The zero-order valence-electron chi connectivity index (χ0n) is 15.6. The van der Waals surface area contributed by atoms with E-state index in [4.69, 9.17) is 0 Å². The lowest BCUT2D eigenvalue weighted by atomic mass is 10.2. The predicted octanol–water partition coefficient (Wildman–Crippen LogP) is 3.00. The van der Waals surface area contributed by atoms with E-state index in [0.717, 1.165) is 30.0 Å². The molecule has 0 saturated carbocycles. The fourth-order valence-electron chi connectivity index (χ4n) is 2.73. The van der Waals surface area contributed by atoms with Gasteiger partial charge in [0.2, 0.25) is 0 Å². The third kappa shape index (κ3) is 4.58. The highest BCUT2D eigenvalue weighted by atomic mass is 32.1. The lowest BCUT2D eigenvalue weighted by Gasteiger charge is -2.05. The van der Waals surface area contributed by atoms with E-state index in [2.05, 4.69) is 20.6 Å². The van der Waals surface area contributed by atoms with Gasteiger partial charge < -0.3 is 5.32 Å². The number of benzene rings is 1. The minimum atomic E-state index is -0.476. The molecule has 3 rings (SSSR count). The Morgan fingerprint density at radius 2 is 2.14 bits per heavy atom. The van der Waals surface area contributed by atoms with Crippen LogP contribution >= 0.6 is 11.3 Å². The van der Waals surface area contributed by atoms with Gasteiger partial charge in [-0.3, -0.25) is 14.9 Å². The molecule has 146 valence electrons. The zero-order valence-corrected chi connectivity index (χ0v) is 16.4. The first-order chi connectivity index (χ1) is 13.5. The number of nitrogens with one attached hydrogen (secondary N) is 1. The number of rotatable bonds is 8. The summed E-state index contributed by atoms with van der Waals surface area (Å²) in [4.78, 5) is 27.3. The number of hydrogen-bond donors (Lipinski definition) is 1. The molecule has 0 bridgehead atoms. The molecular formula is C18H20N6O3S. The Kier molecular flexibility index (Phi) is 6.09. The number of hydrogen-bond acceptors (Lipinski definition) is 7.